The van der Waals surface area contributed by atoms with Gasteiger partial charge in [0.25, 0.3) is 5.91 Å². The standard InChI is InChI=1S/C18H24ClN3OS/c19-15-11-20-12-17-14(15)10-16(22-17)18(23)21-13-4-8-24(9-5-13)6-2-1-3-7-24/h10-13,22H,1-9H2,(H,21,23). The molecule has 1 amide bonds. The molecule has 2 fully saturated rings. The second kappa shape index (κ2) is 6.60. The fourth-order valence-corrected chi connectivity index (χ4v) is 8.72. The predicted molar refractivity (Wildman–Crippen MR) is 103 cm³/mol. The molecule has 0 unspecified atom stereocenters. The van der Waals surface area contributed by atoms with Crippen LogP contribution in [0.5, 0.6) is 0 Å². The molecular formula is C18H24ClN3OS. The van der Waals surface area contributed by atoms with Crippen molar-refractivity contribution in [1.29, 1.82) is 0 Å². The number of carbonyl (C=O) groups is 1. The SMILES string of the molecule is O=C(NC1CCS2(CCCCC2)CC1)c1cc2c(Cl)cncc2[nH]1. The van der Waals surface area contributed by atoms with Gasteiger partial charge in [-0.3, -0.25) is 9.78 Å². The second-order valence-electron chi connectivity index (χ2n) is 7.12. The van der Waals surface area contributed by atoms with Gasteiger partial charge in [-0.25, -0.2) is 10.0 Å². The van der Waals surface area contributed by atoms with E-state index in [9.17, 15) is 4.79 Å². The number of aromatic nitrogens is 2. The van der Waals surface area contributed by atoms with Crippen molar-refractivity contribution < 1.29 is 4.79 Å². The molecule has 2 aromatic heterocycles. The maximum Gasteiger partial charge on any atom is 0.267 e. The van der Waals surface area contributed by atoms with Crippen LogP contribution < -0.4 is 5.32 Å². The Morgan fingerprint density at radius 3 is 2.62 bits per heavy atom. The summed E-state index contributed by atoms with van der Waals surface area (Å²) in [6.07, 6.45) is 9.87. The normalized spacial score (nSPS) is 22.5. The summed E-state index contributed by atoms with van der Waals surface area (Å²) in [6.45, 7) is 0. The third kappa shape index (κ3) is 3.16. The smallest absolute Gasteiger partial charge is 0.267 e. The summed E-state index contributed by atoms with van der Waals surface area (Å²) in [5.74, 6) is 5.62. The van der Waals surface area contributed by atoms with Gasteiger partial charge in [-0.15, -0.1) is 0 Å². The number of nitrogens with zero attached hydrogens (tertiary/aromatic N) is 1. The van der Waals surface area contributed by atoms with Crippen LogP contribution in [0, 0.1) is 0 Å². The van der Waals surface area contributed by atoms with Crippen LogP contribution in [0.3, 0.4) is 0 Å². The van der Waals surface area contributed by atoms with E-state index >= 15 is 0 Å². The van der Waals surface area contributed by atoms with Gasteiger partial charge in [0.2, 0.25) is 0 Å². The fourth-order valence-electron chi connectivity index (χ4n) is 4.08. The quantitative estimate of drug-likeness (QED) is 0.841. The first-order chi connectivity index (χ1) is 11.7. The van der Waals surface area contributed by atoms with Crippen molar-refractivity contribution in [3.63, 3.8) is 0 Å². The van der Waals surface area contributed by atoms with Crippen LogP contribution in [0.4, 0.5) is 0 Å². The summed E-state index contributed by atoms with van der Waals surface area (Å²) in [6, 6.07) is 2.14. The molecule has 130 valence electrons. The van der Waals surface area contributed by atoms with Crippen molar-refractivity contribution in [2.75, 3.05) is 23.0 Å². The van der Waals surface area contributed by atoms with Gasteiger partial charge < -0.3 is 10.3 Å². The van der Waals surface area contributed by atoms with E-state index in [0.29, 0.717) is 16.8 Å². The van der Waals surface area contributed by atoms with Crippen molar-refractivity contribution in [3.8, 4) is 0 Å². The van der Waals surface area contributed by atoms with Gasteiger partial charge in [0, 0.05) is 17.6 Å². The van der Waals surface area contributed by atoms with Crippen molar-refractivity contribution >= 4 is 38.4 Å². The number of rotatable bonds is 2. The molecule has 2 saturated heterocycles. The van der Waals surface area contributed by atoms with E-state index in [-0.39, 0.29) is 15.9 Å². The molecule has 2 aromatic rings. The van der Waals surface area contributed by atoms with Gasteiger partial charge in [0.1, 0.15) is 5.69 Å². The molecule has 0 aromatic carbocycles. The van der Waals surface area contributed by atoms with Gasteiger partial charge in [0.05, 0.1) is 16.7 Å². The predicted octanol–water partition coefficient (Wildman–Crippen LogP) is 4.10. The summed E-state index contributed by atoms with van der Waals surface area (Å²) >= 11 is 6.14. The molecule has 4 rings (SSSR count). The van der Waals surface area contributed by atoms with Crippen LogP contribution in [-0.4, -0.2) is 44.9 Å². The Hall–Kier alpha value is -1.20. The maximum absolute atomic E-state index is 12.6. The molecule has 0 saturated carbocycles. The third-order valence-electron chi connectivity index (χ3n) is 5.53. The van der Waals surface area contributed by atoms with Gasteiger partial charge in [-0.2, -0.15) is 0 Å². The van der Waals surface area contributed by atoms with Crippen molar-refractivity contribution in [3.05, 3.63) is 29.2 Å². The minimum atomic E-state index is -0.343. The average molecular weight is 366 g/mol. The van der Waals surface area contributed by atoms with Crippen molar-refractivity contribution in [2.24, 2.45) is 0 Å². The Morgan fingerprint density at radius 2 is 1.92 bits per heavy atom. The minimum absolute atomic E-state index is 0.0261. The van der Waals surface area contributed by atoms with E-state index in [1.165, 1.54) is 42.3 Å². The Kier molecular flexibility index (Phi) is 4.48. The summed E-state index contributed by atoms with van der Waals surface area (Å²) in [4.78, 5) is 19.7. The Bertz CT molecular complexity index is 744. The summed E-state index contributed by atoms with van der Waals surface area (Å²) in [5, 5.41) is 4.64. The number of hydrogen-bond acceptors (Lipinski definition) is 2. The highest BCUT2D eigenvalue weighted by atomic mass is 35.5. The van der Waals surface area contributed by atoms with E-state index in [4.69, 9.17) is 11.6 Å². The molecule has 24 heavy (non-hydrogen) atoms. The highest BCUT2D eigenvalue weighted by Crippen LogP contribution is 2.55. The molecule has 2 aliphatic rings. The number of halogens is 1. The molecular weight excluding hydrogens is 342 g/mol. The largest absolute Gasteiger partial charge is 0.349 e. The lowest BCUT2D eigenvalue weighted by Gasteiger charge is -2.48. The number of fused-ring (bicyclic) bond motifs is 1. The molecule has 0 atom stereocenters. The van der Waals surface area contributed by atoms with Gasteiger partial charge in [-0.1, -0.05) is 18.0 Å². The zero-order valence-electron chi connectivity index (χ0n) is 13.8. The van der Waals surface area contributed by atoms with Gasteiger partial charge >= 0.3 is 0 Å². The van der Waals surface area contributed by atoms with Crippen LogP contribution in [0.25, 0.3) is 10.9 Å². The summed E-state index contributed by atoms with van der Waals surface area (Å²) in [7, 11) is -0.343. The van der Waals surface area contributed by atoms with E-state index in [2.05, 4.69) is 15.3 Å². The number of nitrogens with one attached hydrogen (secondary N) is 2. The summed E-state index contributed by atoms with van der Waals surface area (Å²) in [5.41, 5.74) is 1.38. The topological polar surface area (TPSA) is 57.8 Å². The Labute approximate surface area is 149 Å². The molecule has 0 aliphatic carbocycles. The van der Waals surface area contributed by atoms with Crippen molar-refractivity contribution in [2.45, 2.75) is 38.1 Å². The molecule has 2 N–H and O–H groups in total. The summed E-state index contributed by atoms with van der Waals surface area (Å²) < 4.78 is 0. The number of hydrogen-bond donors (Lipinski definition) is 2. The number of carbonyl (C=O) groups excluding carboxylic acids is 1. The van der Waals surface area contributed by atoms with Gasteiger partial charge in [0.15, 0.2) is 0 Å². The first kappa shape index (κ1) is 16.3. The molecule has 1 spiro atoms. The molecule has 6 heteroatoms. The van der Waals surface area contributed by atoms with E-state index < -0.39 is 0 Å². The lowest BCUT2D eigenvalue weighted by Crippen LogP contribution is -2.41. The van der Waals surface area contributed by atoms with Crippen LogP contribution in [0.1, 0.15) is 42.6 Å². The molecule has 0 bridgehead atoms. The number of pyridine rings is 1. The minimum Gasteiger partial charge on any atom is -0.349 e. The molecule has 2 aliphatic heterocycles. The number of amides is 1. The maximum atomic E-state index is 12.6. The number of H-pyrrole nitrogens is 1. The van der Waals surface area contributed by atoms with E-state index in [1.54, 1.807) is 12.4 Å². The first-order valence-electron chi connectivity index (χ1n) is 8.82. The lowest BCUT2D eigenvalue weighted by molar-refractivity contribution is 0.0930. The fraction of sp³-hybridized carbons (Fsp3) is 0.556. The van der Waals surface area contributed by atoms with Crippen molar-refractivity contribution in [1.82, 2.24) is 15.3 Å². The monoisotopic (exact) mass is 365 g/mol. The van der Waals surface area contributed by atoms with E-state index in [1.807, 2.05) is 6.07 Å². The highest BCUT2D eigenvalue weighted by Gasteiger charge is 2.32. The second-order valence-corrected chi connectivity index (χ2v) is 11.6. The zero-order chi connectivity index (χ0) is 16.6. The van der Waals surface area contributed by atoms with Crippen LogP contribution in [-0.2, 0) is 0 Å². The molecule has 0 radical (unpaired) electrons. The highest BCUT2D eigenvalue weighted by molar-refractivity contribution is 8.33. The van der Waals surface area contributed by atoms with Crippen LogP contribution in [0.2, 0.25) is 5.02 Å². The molecule has 4 nitrogen and oxygen atoms in total. The van der Waals surface area contributed by atoms with Crippen LogP contribution >= 0.6 is 21.6 Å². The molecule has 4 heterocycles. The zero-order valence-corrected chi connectivity index (χ0v) is 15.4. The first-order valence-corrected chi connectivity index (χ1v) is 11.5. The Morgan fingerprint density at radius 1 is 1.17 bits per heavy atom. The third-order valence-corrected chi connectivity index (χ3v) is 10.3. The average Bonchev–Trinajstić information content (AvgIpc) is 3.04. The lowest BCUT2D eigenvalue weighted by atomic mass is 10.1. The van der Waals surface area contributed by atoms with E-state index in [0.717, 1.165) is 23.7 Å². The number of aromatic amines is 1. The van der Waals surface area contributed by atoms with Gasteiger partial charge in [-0.05, 0) is 54.8 Å². The Balaban J connectivity index is 1.40. The van der Waals surface area contributed by atoms with Crippen LogP contribution in [0.15, 0.2) is 18.5 Å².